The Bertz CT molecular complexity index is 120. The van der Waals surface area contributed by atoms with Crippen LogP contribution in [0.15, 0.2) is 0 Å². The van der Waals surface area contributed by atoms with Gasteiger partial charge in [-0.05, 0) is 0 Å². The molecule has 0 atom stereocenters. The van der Waals surface area contributed by atoms with E-state index in [4.69, 9.17) is 11.3 Å². The van der Waals surface area contributed by atoms with Gasteiger partial charge in [-0.25, -0.2) is 0 Å². The second kappa shape index (κ2) is 9.63. The number of hydrogen-bond acceptors (Lipinski definition) is 3. The maximum absolute atomic E-state index is 5.88. The van der Waals surface area contributed by atoms with Gasteiger partial charge in [0.15, 0.2) is 0 Å². The van der Waals surface area contributed by atoms with Gasteiger partial charge in [-0.3, -0.25) is 0 Å². The van der Waals surface area contributed by atoms with Crippen LogP contribution in [0.25, 0.3) is 0 Å². The van der Waals surface area contributed by atoms with Crippen LogP contribution in [0.1, 0.15) is 47.0 Å². The van der Waals surface area contributed by atoms with Crippen LogP contribution >= 0.6 is 0 Å². The first-order chi connectivity index (χ1) is 7.24. The normalized spacial score (nSPS) is 12.0. The third-order valence-corrected chi connectivity index (χ3v) is 7.88. The molecule has 3 nitrogen and oxygen atoms in total. The van der Waals surface area contributed by atoms with E-state index in [1.807, 2.05) is 0 Å². The van der Waals surface area contributed by atoms with Crippen LogP contribution in [-0.4, -0.2) is 34.1 Å². The first-order valence-electron chi connectivity index (χ1n) is 6.16. The summed E-state index contributed by atoms with van der Waals surface area (Å²) in [4.78, 5) is 0. The van der Waals surface area contributed by atoms with Crippen molar-refractivity contribution in [1.82, 2.24) is 0 Å². The summed E-state index contributed by atoms with van der Waals surface area (Å²) in [7, 11) is 0. The molecular weight excluding hydrogens is 253 g/mol. The van der Waals surface area contributed by atoms with Gasteiger partial charge in [-0.1, -0.05) is 0 Å². The van der Waals surface area contributed by atoms with Crippen LogP contribution in [-0.2, 0) is 11.3 Å². The van der Waals surface area contributed by atoms with Crippen molar-refractivity contribution < 1.29 is 11.3 Å². The van der Waals surface area contributed by atoms with Crippen molar-refractivity contribution >= 4 is 14.3 Å². The average molecular weight is 279 g/mol. The van der Waals surface area contributed by atoms with Gasteiger partial charge in [0.05, 0.1) is 0 Å². The van der Waals surface area contributed by atoms with Crippen LogP contribution < -0.4 is 0 Å². The van der Waals surface area contributed by atoms with E-state index in [1.54, 1.807) is 0 Å². The minimum absolute atomic E-state index is 0.765. The van der Waals surface area contributed by atoms with Crippen LogP contribution in [0.5, 0.6) is 0 Å². The summed E-state index contributed by atoms with van der Waals surface area (Å²) in [5.74, 6) is 0. The molecule has 0 aromatic rings. The standard InChI is InChI=1S/C11H26GeO3/c1-5-9-13-12(8-4,14-10-6-2)15-11-7-3/h5-11H2,1-4H3. The molecule has 0 radical (unpaired) electrons. The van der Waals surface area contributed by atoms with E-state index < -0.39 is 14.3 Å². The second-order valence-corrected chi connectivity index (χ2v) is 9.75. The Kier molecular flexibility index (Phi) is 9.91. The van der Waals surface area contributed by atoms with Crippen molar-refractivity contribution in [1.29, 1.82) is 0 Å². The molecule has 0 heterocycles. The SMILES string of the molecule is CCC[O][Ge]([CH2]C)([O]CCC)[O]CCC. The van der Waals surface area contributed by atoms with Gasteiger partial charge in [0.1, 0.15) is 0 Å². The Morgan fingerprint density at radius 2 is 1.00 bits per heavy atom. The van der Waals surface area contributed by atoms with E-state index in [0.29, 0.717) is 0 Å². The predicted molar refractivity (Wildman–Crippen MR) is 65.0 cm³/mol. The first kappa shape index (κ1) is 15.4. The van der Waals surface area contributed by atoms with Crippen LogP contribution in [0, 0.1) is 0 Å². The molecule has 0 rings (SSSR count). The van der Waals surface area contributed by atoms with Gasteiger partial charge in [0, 0.05) is 0 Å². The fourth-order valence-electron chi connectivity index (χ4n) is 1.20. The Labute approximate surface area is 97.9 Å². The summed E-state index contributed by atoms with van der Waals surface area (Å²) < 4.78 is 17.6. The topological polar surface area (TPSA) is 27.7 Å². The molecule has 0 unspecified atom stereocenters. The molecule has 0 amide bonds. The van der Waals surface area contributed by atoms with Crippen molar-refractivity contribution in [2.24, 2.45) is 0 Å². The Balaban J connectivity index is 4.16. The molecule has 0 fully saturated rings. The monoisotopic (exact) mass is 280 g/mol. The molecule has 15 heavy (non-hydrogen) atoms. The maximum atomic E-state index is 5.88. The van der Waals surface area contributed by atoms with Crippen molar-refractivity contribution in [2.45, 2.75) is 52.2 Å². The van der Waals surface area contributed by atoms with Crippen molar-refractivity contribution in [3.63, 3.8) is 0 Å². The second-order valence-electron chi connectivity index (χ2n) is 3.58. The van der Waals surface area contributed by atoms with Crippen molar-refractivity contribution in [3.05, 3.63) is 0 Å². The average Bonchev–Trinajstić information content (AvgIpc) is 2.29. The van der Waals surface area contributed by atoms with Gasteiger partial charge in [0.2, 0.25) is 0 Å². The number of rotatable bonds is 10. The molecule has 92 valence electrons. The molecule has 0 spiro atoms. The summed E-state index contributed by atoms with van der Waals surface area (Å²) in [5, 5.41) is 0.917. The van der Waals surface area contributed by atoms with E-state index in [0.717, 1.165) is 44.3 Å². The fraction of sp³-hybridized carbons (Fsp3) is 1.00. The third-order valence-electron chi connectivity index (χ3n) is 2.01. The van der Waals surface area contributed by atoms with Crippen molar-refractivity contribution in [3.8, 4) is 0 Å². The van der Waals surface area contributed by atoms with E-state index in [9.17, 15) is 0 Å². The zero-order valence-corrected chi connectivity index (χ0v) is 12.8. The summed E-state index contributed by atoms with van der Waals surface area (Å²) in [6.07, 6.45) is 3.08. The van der Waals surface area contributed by atoms with Gasteiger partial charge < -0.3 is 0 Å². The molecular formula is C11H26GeO3. The molecule has 0 aliphatic heterocycles. The Morgan fingerprint density at radius 3 is 1.20 bits per heavy atom. The minimum atomic E-state index is -2.87. The van der Waals surface area contributed by atoms with Gasteiger partial charge in [-0.2, -0.15) is 0 Å². The van der Waals surface area contributed by atoms with Crippen LogP contribution in [0.4, 0.5) is 0 Å². The summed E-state index contributed by atoms with van der Waals surface area (Å²) in [6, 6.07) is 0. The van der Waals surface area contributed by atoms with Gasteiger partial charge in [-0.15, -0.1) is 0 Å². The Morgan fingerprint density at radius 1 is 0.667 bits per heavy atom. The first-order valence-corrected chi connectivity index (χ1v) is 10.2. The zero-order chi connectivity index (χ0) is 11.6. The molecule has 0 N–H and O–H groups in total. The zero-order valence-electron chi connectivity index (χ0n) is 10.7. The summed E-state index contributed by atoms with van der Waals surface area (Å²) in [6.45, 7) is 10.7. The number of hydrogen-bond donors (Lipinski definition) is 0. The predicted octanol–water partition coefficient (Wildman–Crippen LogP) is 3.23. The van der Waals surface area contributed by atoms with E-state index in [2.05, 4.69) is 27.7 Å². The van der Waals surface area contributed by atoms with Crippen LogP contribution in [0.2, 0.25) is 5.25 Å². The van der Waals surface area contributed by atoms with E-state index in [1.165, 1.54) is 0 Å². The summed E-state index contributed by atoms with van der Waals surface area (Å²) in [5.41, 5.74) is 0. The summed E-state index contributed by atoms with van der Waals surface area (Å²) >= 11 is -2.87. The molecule has 4 heteroatoms. The van der Waals surface area contributed by atoms with E-state index in [-0.39, 0.29) is 0 Å². The molecule has 0 saturated carbocycles. The molecule has 0 aliphatic carbocycles. The van der Waals surface area contributed by atoms with Crippen molar-refractivity contribution in [2.75, 3.05) is 19.8 Å². The molecule has 0 aromatic heterocycles. The third kappa shape index (κ3) is 6.56. The fourth-order valence-corrected chi connectivity index (χ4v) is 6.26. The van der Waals surface area contributed by atoms with E-state index >= 15 is 0 Å². The van der Waals surface area contributed by atoms with Crippen LogP contribution in [0.3, 0.4) is 0 Å². The molecule has 0 aliphatic rings. The van der Waals surface area contributed by atoms with Gasteiger partial charge >= 0.3 is 97.6 Å². The van der Waals surface area contributed by atoms with Gasteiger partial charge in [0.25, 0.3) is 0 Å². The molecule has 0 saturated heterocycles. The Hall–Kier alpha value is 0.423. The molecule has 0 bridgehead atoms. The quantitative estimate of drug-likeness (QED) is 0.574. The molecule has 0 aromatic carbocycles.